The van der Waals surface area contributed by atoms with Crippen molar-refractivity contribution >= 4 is 29.3 Å². The van der Waals surface area contributed by atoms with E-state index in [9.17, 15) is 14.7 Å². The predicted octanol–water partition coefficient (Wildman–Crippen LogP) is 2.05. The van der Waals surface area contributed by atoms with Gasteiger partial charge in [-0.3, -0.25) is 14.6 Å². The summed E-state index contributed by atoms with van der Waals surface area (Å²) in [7, 11) is 0. The lowest BCUT2D eigenvalue weighted by molar-refractivity contribution is -0.151. The lowest BCUT2D eigenvalue weighted by Gasteiger charge is -2.33. The highest BCUT2D eigenvalue weighted by molar-refractivity contribution is 5.85. The maximum absolute atomic E-state index is 12.1. The molecule has 6 nitrogen and oxygen atoms in total. The van der Waals surface area contributed by atoms with Crippen LogP contribution in [-0.2, 0) is 11.3 Å². The number of carboxylic acids is 1. The van der Waals surface area contributed by atoms with Crippen molar-refractivity contribution in [1.82, 2.24) is 14.9 Å². The van der Waals surface area contributed by atoms with Gasteiger partial charge in [-0.2, -0.15) is 0 Å². The molecule has 1 fully saturated rings. The van der Waals surface area contributed by atoms with Gasteiger partial charge in [0.05, 0.1) is 17.1 Å². The van der Waals surface area contributed by atoms with E-state index in [1.807, 2.05) is 6.07 Å². The van der Waals surface area contributed by atoms with E-state index in [1.54, 1.807) is 29.1 Å². The first-order chi connectivity index (χ1) is 11.1. The van der Waals surface area contributed by atoms with Gasteiger partial charge in [0, 0.05) is 24.2 Å². The van der Waals surface area contributed by atoms with Gasteiger partial charge in [0.2, 0.25) is 0 Å². The van der Waals surface area contributed by atoms with Crippen LogP contribution in [0.4, 0.5) is 0 Å². The average Bonchev–Trinajstić information content (AvgIpc) is 2.57. The Hall–Kier alpha value is -1.92. The van der Waals surface area contributed by atoms with Crippen molar-refractivity contribution in [2.24, 2.45) is 5.41 Å². The second-order valence-corrected chi connectivity index (χ2v) is 6.20. The van der Waals surface area contributed by atoms with Gasteiger partial charge in [0.25, 0.3) is 5.56 Å². The number of piperidine rings is 1. The molecule has 0 spiro atoms. The van der Waals surface area contributed by atoms with Crippen LogP contribution in [0, 0.1) is 5.41 Å². The Morgan fingerprint density at radius 3 is 2.75 bits per heavy atom. The Morgan fingerprint density at radius 1 is 1.29 bits per heavy atom. The van der Waals surface area contributed by atoms with Crippen LogP contribution in [0.5, 0.6) is 0 Å². The number of fused-ring (bicyclic) bond motifs is 1. The van der Waals surface area contributed by atoms with Crippen LogP contribution in [0.15, 0.2) is 35.4 Å². The molecular weight excluding hydrogens is 330 g/mol. The average molecular weight is 352 g/mol. The number of hydrogen-bond acceptors (Lipinski definition) is 4. The number of carboxylic acid groups (broad SMARTS) is 1. The quantitative estimate of drug-likeness (QED) is 0.861. The van der Waals surface area contributed by atoms with Crippen molar-refractivity contribution in [3.63, 3.8) is 0 Å². The van der Waals surface area contributed by atoms with Gasteiger partial charge in [-0.25, -0.2) is 0 Å². The van der Waals surface area contributed by atoms with E-state index in [1.165, 1.54) is 0 Å². The van der Waals surface area contributed by atoms with Crippen LogP contribution in [0.3, 0.4) is 0 Å². The summed E-state index contributed by atoms with van der Waals surface area (Å²) in [6.45, 7) is 2.00. The summed E-state index contributed by atoms with van der Waals surface area (Å²) in [5.41, 5.74) is 0.0763. The number of nitrogens with one attached hydrogen (secondary N) is 1. The number of aromatic nitrogens is 2. The molecule has 2 aromatic heterocycles. The lowest BCUT2D eigenvalue weighted by Crippen LogP contribution is -2.42. The summed E-state index contributed by atoms with van der Waals surface area (Å²) in [5, 5.41) is 13.8. The number of carbonyl (C=O) groups is 1. The molecule has 130 valence electrons. The maximum atomic E-state index is 12.1. The van der Waals surface area contributed by atoms with E-state index in [4.69, 9.17) is 0 Å². The molecule has 0 unspecified atom stereocenters. The van der Waals surface area contributed by atoms with E-state index < -0.39 is 11.4 Å². The van der Waals surface area contributed by atoms with Crippen LogP contribution < -0.4 is 10.9 Å². The van der Waals surface area contributed by atoms with E-state index in [0.717, 1.165) is 24.0 Å². The molecule has 7 heteroatoms. The minimum atomic E-state index is -0.717. The predicted molar refractivity (Wildman–Crippen MR) is 94.7 cm³/mol. The normalized spacial score (nSPS) is 16.5. The van der Waals surface area contributed by atoms with Crippen molar-refractivity contribution in [3.8, 4) is 0 Å². The molecule has 0 aromatic carbocycles. The first-order valence-electron chi connectivity index (χ1n) is 8.00. The molecule has 0 radical (unpaired) electrons. The summed E-state index contributed by atoms with van der Waals surface area (Å²) in [6, 6.07) is 5.22. The number of hydrogen-bond donors (Lipinski definition) is 2. The van der Waals surface area contributed by atoms with Crippen molar-refractivity contribution in [3.05, 3.63) is 40.9 Å². The van der Waals surface area contributed by atoms with Gasteiger partial charge in [-0.1, -0.05) is 0 Å². The Labute approximate surface area is 146 Å². The van der Waals surface area contributed by atoms with Crippen LogP contribution in [-0.4, -0.2) is 33.7 Å². The molecule has 0 saturated carbocycles. The summed E-state index contributed by atoms with van der Waals surface area (Å²) in [6.07, 6.45) is 5.94. The molecule has 3 rings (SSSR count). The van der Waals surface area contributed by atoms with E-state index in [0.29, 0.717) is 32.2 Å². The topological polar surface area (TPSA) is 84.2 Å². The molecule has 0 amide bonds. The summed E-state index contributed by atoms with van der Waals surface area (Å²) in [4.78, 5) is 27.9. The molecule has 0 bridgehead atoms. The van der Waals surface area contributed by atoms with Gasteiger partial charge in [-0.05, 0) is 50.9 Å². The van der Waals surface area contributed by atoms with Crippen molar-refractivity contribution < 1.29 is 9.90 Å². The molecule has 1 aliphatic rings. The number of nitrogens with zero attached hydrogens (tertiary/aromatic N) is 2. The van der Waals surface area contributed by atoms with Crippen LogP contribution in [0.2, 0.25) is 0 Å². The number of rotatable bonds is 5. The van der Waals surface area contributed by atoms with Gasteiger partial charge >= 0.3 is 5.97 Å². The minimum absolute atomic E-state index is 0. The SMILES string of the molecule is Cl.O=C(O)C1(CCCn2c(=O)ccc3ccncc32)CCNCC1. The second kappa shape index (κ2) is 7.77. The fourth-order valence-corrected chi connectivity index (χ4v) is 3.42. The van der Waals surface area contributed by atoms with Gasteiger partial charge in [0.15, 0.2) is 0 Å². The highest BCUT2D eigenvalue weighted by atomic mass is 35.5. The third-order valence-electron chi connectivity index (χ3n) is 4.85. The fourth-order valence-electron chi connectivity index (χ4n) is 3.42. The van der Waals surface area contributed by atoms with Crippen LogP contribution in [0.25, 0.3) is 10.9 Å². The Kier molecular flexibility index (Phi) is 5.96. The van der Waals surface area contributed by atoms with E-state index in [-0.39, 0.29) is 18.0 Å². The first kappa shape index (κ1) is 18.4. The number of aliphatic carboxylic acids is 1. The Balaban J connectivity index is 0.00000208. The minimum Gasteiger partial charge on any atom is -0.481 e. The summed E-state index contributed by atoms with van der Waals surface area (Å²) in [5.74, 6) is -0.717. The summed E-state index contributed by atoms with van der Waals surface area (Å²) >= 11 is 0. The highest BCUT2D eigenvalue weighted by Gasteiger charge is 2.38. The zero-order valence-corrected chi connectivity index (χ0v) is 14.2. The standard InChI is InChI=1S/C17H21N3O3.ClH/c21-15-3-2-13-4-8-19-12-14(13)20(15)11-1-5-17(16(22)23)6-9-18-10-7-17;/h2-4,8,12,18H,1,5-7,9-11H2,(H,22,23);1H. The van der Waals surface area contributed by atoms with E-state index in [2.05, 4.69) is 10.3 Å². The molecule has 3 heterocycles. The fraction of sp³-hybridized carbons (Fsp3) is 0.471. The Morgan fingerprint density at radius 2 is 2.04 bits per heavy atom. The molecule has 24 heavy (non-hydrogen) atoms. The molecule has 1 saturated heterocycles. The maximum Gasteiger partial charge on any atom is 0.309 e. The lowest BCUT2D eigenvalue weighted by atomic mass is 9.75. The molecule has 2 aromatic rings. The number of pyridine rings is 2. The molecule has 0 atom stereocenters. The van der Waals surface area contributed by atoms with Gasteiger partial charge in [0.1, 0.15) is 0 Å². The zero-order chi connectivity index (χ0) is 16.3. The van der Waals surface area contributed by atoms with Gasteiger partial charge < -0.3 is 15.0 Å². The van der Waals surface area contributed by atoms with Crippen molar-refractivity contribution in [1.29, 1.82) is 0 Å². The molecule has 0 aliphatic carbocycles. The monoisotopic (exact) mass is 351 g/mol. The number of aryl methyl sites for hydroxylation is 1. The van der Waals surface area contributed by atoms with Gasteiger partial charge in [-0.15, -0.1) is 12.4 Å². The van der Waals surface area contributed by atoms with Crippen molar-refractivity contribution in [2.45, 2.75) is 32.2 Å². The summed E-state index contributed by atoms with van der Waals surface area (Å²) < 4.78 is 1.69. The smallest absolute Gasteiger partial charge is 0.309 e. The largest absolute Gasteiger partial charge is 0.481 e. The zero-order valence-electron chi connectivity index (χ0n) is 13.4. The second-order valence-electron chi connectivity index (χ2n) is 6.20. The third kappa shape index (κ3) is 3.60. The van der Waals surface area contributed by atoms with Crippen LogP contribution >= 0.6 is 12.4 Å². The Bertz CT molecular complexity index is 769. The number of halogens is 1. The third-order valence-corrected chi connectivity index (χ3v) is 4.85. The van der Waals surface area contributed by atoms with Crippen LogP contribution in [0.1, 0.15) is 25.7 Å². The highest BCUT2D eigenvalue weighted by Crippen LogP contribution is 2.34. The molecule has 2 N–H and O–H groups in total. The van der Waals surface area contributed by atoms with Crippen molar-refractivity contribution in [2.75, 3.05) is 13.1 Å². The molecule has 1 aliphatic heterocycles. The first-order valence-corrected chi connectivity index (χ1v) is 8.00. The van der Waals surface area contributed by atoms with E-state index >= 15 is 0 Å². The molecular formula is C17H22ClN3O3.